The Morgan fingerprint density at radius 3 is 2.60 bits per heavy atom. The number of esters is 1. The smallest absolute Gasteiger partial charge is 0.310 e. The average Bonchev–Trinajstić information content (AvgIpc) is 2.92. The van der Waals surface area contributed by atoms with Crippen LogP contribution in [0.3, 0.4) is 0 Å². The van der Waals surface area contributed by atoms with Gasteiger partial charge in [0.2, 0.25) is 5.78 Å². The van der Waals surface area contributed by atoms with E-state index in [1.807, 2.05) is 6.92 Å². The number of nitrogens with zero attached hydrogens (tertiary/aromatic N) is 1. The third-order valence-electron chi connectivity index (χ3n) is 3.87. The largest absolute Gasteiger partial charge is 0.469 e. The first-order chi connectivity index (χ1) is 11.9. The highest BCUT2D eigenvalue weighted by Crippen LogP contribution is 2.32. The van der Waals surface area contributed by atoms with Gasteiger partial charge in [0.05, 0.1) is 29.3 Å². The number of H-pyrrole nitrogens is 1. The Balaban J connectivity index is 2.20. The molecule has 2 heterocycles. The zero-order chi connectivity index (χ0) is 18.1. The highest BCUT2D eigenvalue weighted by atomic mass is 35.5. The van der Waals surface area contributed by atoms with E-state index in [1.54, 1.807) is 30.5 Å². The van der Waals surface area contributed by atoms with Gasteiger partial charge in [0.25, 0.3) is 0 Å². The highest BCUT2D eigenvalue weighted by molar-refractivity contribution is 6.42. The average molecular weight is 377 g/mol. The van der Waals surface area contributed by atoms with E-state index in [1.165, 1.54) is 7.11 Å². The summed E-state index contributed by atoms with van der Waals surface area (Å²) in [5.41, 5.74) is 2.60. The molecule has 7 heteroatoms. The molecule has 1 N–H and O–H groups in total. The number of pyridine rings is 1. The lowest BCUT2D eigenvalue weighted by molar-refractivity contribution is -0.139. The zero-order valence-corrected chi connectivity index (χ0v) is 15.0. The van der Waals surface area contributed by atoms with Crippen molar-refractivity contribution in [3.63, 3.8) is 0 Å². The van der Waals surface area contributed by atoms with Gasteiger partial charge in [-0.3, -0.25) is 14.6 Å². The first kappa shape index (κ1) is 17.5. The zero-order valence-electron chi connectivity index (χ0n) is 13.5. The number of aromatic nitrogens is 2. The number of hydrogen-bond acceptors (Lipinski definition) is 4. The number of methoxy groups -OCH3 is 1. The molecule has 0 saturated carbocycles. The number of carbonyl (C=O) groups excluding carboxylic acids is 2. The van der Waals surface area contributed by atoms with Crippen molar-refractivity contribution in [3.8, 4) is 0 Å². The Labute approximate surface area is 153 Å². The van der Waals surface area contributed by atoms with Crippen LogP contribution in [0.2, 0.25) is 10.0 Å². The van der Waals surface area contributed by atoms with Gasteiger partial charge in [0, 0.05) is 22.7 Å². The summed E-state index contributed by atoms with van der Waals surface area (Å²) in [6, 6.07) is 6.75. The molecule has 0 fully saturated rings. The maximum absolute atomic E-state index is 12.9. The van der Waals surface area contributed by atoms with Gasteiger partial charge in [-0.25, -0.2) is 0 Å². The molecule has 3 rings (SSSR count). The standard InChI is InChI=1S/C18H14Cl2N2O3/c1-9-3-4-21-15(5-9)18(24)17-11(7-16(23)25-2)10-6-12(19)13(20)8-14(10)22-17/h3-6,8,22H,7H2,1-2H3. The van der Waals surface area contributed by atoms with E-state index >= 15 is 0 Å². The monoisotopic (exact) mass is 376 g/mol. The fourth-order valence-electron chi connectivity index (χ4n) is 2.63. The Kier molecular flexibility index (Phi) is 4.79. The fourth-order valence-corrected chi connectivity index (χ4v) is 2.95. The van der Waals surface area contributed by atoms with Crippen molar-refractivity contribution in [1.29, 1.82) is 0 Å². The van der Waals surface area contributed by atoms with Gasteiger partial charge in [-0.2, -0.15) is 0 Å². The number of carbonyl (C=O) groups is 2. The molecule has 128 valence electrons. The fraction of sp³-hybridized carbons (Fsp3) is 0.167. The summed E-state index contributed by atoms with van der Waals surface area (Å²) in [7, 11) is 1.30. The molecule has 0 aliphatic heterocycles. The molecule has 0 aliphatic carbocycles. The molecule has 1 aromatic carbocycles. The van der Waals surface area contributed by atoms with Crippen LogP contribution in [0.4, 0.5) is 0 Å². The van der Waals surface area contributed by atoms with Gasteiger partial charge in [0.15, 0.2) is 0 Å². The van der Waals surface area contributed by atoms with E-state index in [4.69, 9.17) is 27.9 Å². The van der Waals surface area contributed by atoms with Crippen LogP contribution in [0.25, 0.3) is 10.9 Å². The summed E-state index contributed by atoms with van der Waals surface area (Å²) < 4.78 is 4.75. The van der Waals surface area contributed by atoms with Crippen molar-refractivity contribution < 1.29 is 14.3 Å². The maximum Gasteiger partial charge on any atom is 0.310 e. The summed E-state index contributed by atoms with van der Waals surface area (Å²) >= 11 is 12.2. The molecular formula is C18H14Cl2N2O3. The summed E-state index contributed by atoms with van der Waals surface area (Å²) in [6.07, 6.45) is 1.50. The van der Waals surface area contributed by atoms with Crippen LogP contribution in [0.1, 0.15) is 27.3 Å². The summed E-state index contributed by atoms with van der Waals surface area (Å²) in [6.45, 7) is 1.87. The Morgan fingerprint density at radius 1 is 1.20 bits per heavy atom. The summed E-state index contributed by atoms with van der Waals surface area (Å²) in [5, 5.41) is 1.34. The number of hydrogen-bond donors (Lipinski definition) is 1. The number of aromatic amines is 1. The van der Waals surface area contributed by atoms with Crippen LogP contribution < -0.4 is 0 Å². The van der Waals surface area contributed by atoms with Crippen LogP contribution in [-0.4, -0.2) is 28.8 Å². The molecule has 25 heavy (non-hydrogen) atoms. The number of ether oxygens (including phenoxy) is 1. The van der Waals surface area contributed by atoms with E-state index in [-0.39, 0.29) is 23.6 Å². The first-order valence-corrected chi connectivity index (χ1v) is 8.20. The van der Waals surface area contributed by atoms with Crippen molar-refractivity contribution in [3.05, 3.63) is 63.0 Å². The lowest BCUT2D eigenvalue weighted by Crippen LogP contribution is -2.11. The molecule has 0 saturated heterocycles. The minimum absolute atomic E-state index is 0.0681. The Bertz CT molecular complexity index is 995. The van der Waals surface area contributed by atoms with Crippen LogP contribution in [0.5, 0.6) is 0 Å². The van der Waals surface area contributed by atoms with Crippen molar-refractivity contribution in [1.82, 2.24) is 9.97 Å². The summed E-state index contributed by atoms with van der Waals surface area (Å²) in [4.78, 5) is 31.9. The van der Waals surface area contributed by atoms with Crippen LogP contribution >= 0.6 is 23.2 Å². The van der Waals surface area contributed by atoms with E-state index in [0.29, 0.717) is 26.5 Å². The van der Waals surface area contributed by atoms with Gasteiger partial charge in [0.1, 0.15) is 5.69 Å². The van der Waals surface area contributed by atoms with Crippen molar-refractivity contribution >= 4 is 45.9 Å². The maximum atomic E-state index is 12.9. The number of ketones is 1. The second-order valence-corrected chi connectivity index (χ2v) is 6.41. The quantitative estimate of drug-likeness (QED) is 0.548. The van der Waals surface area contributed by atoms with E-state index in [0.717, 1.165) is 5.56 Å². The molecule has 0 aliphatic rings. The minimum Gasteiger partial charge on any atom is -0.469 e. The number of rotatable bonds is 4. The van der Waals surface area contributed by atoms with Crippen LogP contribution in [0.15, 0.2) is 30.5 Å². The third-order valence-corrected chi connectivity index (χ3v) is 4.59. The predicted molar refractivity (Wildman–Crippen MR) is 96.4 cm³/mol. The number of benzene rings is 1. The molecule has 0 bridgehead atoms. The molecule has 0 spiro atoms. The number of aryl methyl sites for hydroxylation is 1. The van der Waals surface area contributed by atoms with E-state index in [9.17, 15) is 9.59 Å². The lowest BCUT2D eigenvalue weighted by atomic mass is 10.0. The van der Waals surface area contributed by atoms with Gasteiger partial charge in [-0.15, -0.1) is 0 Å². The van der Waals surface area contributed by atoms with Gasteiger partial charge >= 0.3 is 5.97 Å². The molecule has 2 aromatic heterocycles. The van der Waals surface area contributed by atoms with E-state index in [2.05, 4.69) is 9.97 Å². The lowest BCUT2D eigenvalue weighted by Gasteiger charge is -2.04. The van der Waals surface area contributed by atoms with Gasteiger partial charge < -0.3 is 9.72 Å². The molecule has 5 nitrogen and oxygen atoms in total. The number of fused-ring (bicyclic) bond motifs is 1. The molecule has 3 aromatic rings. The first-order valence-electron chi connectivity index (χ1n) is 7.44. The normalized spacial score (nSPS) is 10.9. The summed E-state index contributed by atoms with van der Waals surface area (Å²) in [5.74, 6) is -0.774. The molecule has 0 amide bonds. The van der Waals surface area contributed by atoms with Crippen LogP contribution in [-0.2, 0) is 16.0 Å². The number of nitrogens with one attached hydrogen (secondary N) is 1. The molecule has 0 radical (unpaired) electrons. The van der Waals surface area contributed by atoms with Gasteiger partial charge in [-0.05, 0) is 36.8 Å². The van der Waals surface area contributed by atoms with E-state index < -0.39 is 5.97 Å². The third kappa shape index (κ3) is 3.38. The van der Waals surface area contributed by atoms with Crippen molar-refractivity contribution in [2.45, 2.75) is 13.3 Å². The predicted octanol–water partition coefficient (Wildman–Crippen LogP) is 4.12. The second-order valence-electron chi connectivity index (χ2n) is 5.59. The highest BCUT2D eigenvalue weighted by Gasteiger charge is 2.23. The van der Waals surface area contributed by atoms with Gasteiger partial charge in [-0.1, -0.05) is 23.2 Å². The number of halogens is 2. The topological polar surface area (TPSA) is 72.1 Å². The molecule has 0 atom stereocenters. The van der Waals surface area contributed by atoms with Crippen LogP contribution in [0, 0.1) is 6.92 Å². The minimum atomic E-state index is -0.460. The second kappa shape index (κ2) is 6.86. The Morgan fingerprint density at radius 2 is 1.92 bits per heavy atom. The SMILES string of the molecule is COC(=O)Cc1c(C(=O)c2cc(C)ccn2)[nH]c2cc(Cl)c(Cl)cc12. The van der Waals surface area contributed by atoms with Crippen molar-refractivity contribution in [2.75, 3.05) is 7.11 Å². The Hall–Kier alpha value is -2.37. The molecule has 0 unspecified atom stereocenters. The molecular weight excluding hydrogens is 363 g/mol. The van der Waals surface area contributed by atoms with Crippen molar-refractivity contribution in [2.24, 2.45) is 0 Å².